The van der Waals surface area contributed by atoms with E-state index in [-0.39, 0.29) is 38.6 Å². The molecule has 0 saturated heterocycles. The number of carbonyl (C=O) groups is 2. The maximum Gasteiger partial charge on any atom is 0.472 e. The van der Waals surface area contributed by atoms with E-state index in [0.29, 0.717) is 6.42 Å². The third kappa shape index (κ3) is 49.4. The van der Waals surface area contributed by atoms with Gasteiger partial charge >= 0.3 is 19.8 Å². The van der Waals surface area contributed by atoms with Crippen molar-refractivity contribution in [3.8, 4) is 0 Å². The third-order valence-electron chi connectivity index (χ3n) is 11.5. The molecule has 0 radical (unpaired) electrons. The molecule has 0 amide bonds. The lowest BCUT2D eigenvalue weighted by Crippen LogP contribution is -2.29. The van der Waals surface area contributed by atoms with Crippen LogP contribution in [0.15, 0.2) is 48.6 Å². The van der Waals surface area contributed by atoms with E-state index >= 15 is 0 Å². The quantitative estimate of drug-likeness (QED) is 0.0265. The maximum atomic E-state index is 12.6. The second-order valence-electron chi connectivity index (χ2n) is 17.7. The van der Waals surface area contributed by atoms with Crippen LogP contribution in [0.1, 0.15) is 251 Å². The number of phosphoric acid groups is 1. The highest BCUT2D eigenvalue weighted by atomic mass is 31.2. The average Bonchev–Trinajstić information content (AvgIpc) is 3.28. The van der Waals surface area contributed by atoms with Crippen molar-refractivity contribution >= 4 is 19.8 Å². The van der Waals surface area contributed by atoms with E-state index in [1.165, 1.54) is 148 Å². The highest BCUT2D eigenvalue weighted by Gasteiger charge is 2.26. The molecule has 0 aliphatic rings. The number of phosphoric ester groups is 1. The molecule has 0 fully saturated rings. The number of allylic oxidation sites excluding steroid dienone is 8. The van der Waals surface area contributed by atoms with E-state index in [1.807, 2.05) is 0 Å². The summed E-state index contributed by atoms with van der Waals surface area (Å²) in [5.41, 5.74) is 5.37. The van der Waals surface area contributed by atoms with Crippen molar-refractivity contribution in [2.75, 3.05) is 26.4 Å². The molecule has 0 aromatic rings. The van der Waals surface area contributed by atoms with Crippen LogP contribution in [0, 0.1) is 0 Å². The van der Waals surface area contributed by atoms with Gasteiger partial charge in [0, 0.05) is 19.4 Å². The minimum absolute atomic E-state index is 0.0486. The first-order valence-corrected chi connectivity index (χ1v) is 28.1. The second-order valence-corrected chi connectivity index (χ2v) is 19.2. The molecule has 2 atom stereocenters. The van der Waals surface area contributed by atoms with Crippen LogP contribution in [-0.4, -0.2) is 49.3 Å². The smallest absolute Gasteiger partial charge is 0.462 e. The molecule has 0 aliphatic heterocycles. The van der Waals surface area contributed by atoms with Crippen molar-refractivity contribution in [2.24, 2.45) is 5.73 Å². The Morgan fingerprint density at radius 3 is 1.28 bits per heavy atom. The van der Waals surface area contributed by atoms with Gasteiger partial charge in [0.1, 0.15) is 6.61 Å². The Morgan fingerprint density at radius 2 is 0.859 bits per heavy atom. The maximum absolute atomic E-state index is 12.6. The van der Waals surface area contributed by atoms with E-state index in [9.17, 15) is 19.0 Å². The molecule has 0 rings (SSSR count). The molecular formula is C54H100NO8P. The van der Waals surface area contributed by atoms with Crippen LogP contribution in [0.25, 0.3) is 0 Å². The number of rotatable bonds is 50. The molecule has 9 nitrogen and oxygen atoms in total. The summed E-state index contributed by atoms with van der Waals surface area (Å²) in [6, 6.07) is 0. The summed E-state index contributed by atoms with van der Waals surface area (Å²) >= 11 is 0. The highest BCUT2D eigenvalue weighted by Crippen LogP contribution is 2.43. The fourth-order valence-corrected chi connectivity index (χ4v) is 8.33. The Morgan fingerprint density at radius 1 is 0.484 bits per heavy atom. The van der Waals surface area contributed by atoms with E-state index in [4.69, 9.17) is 24.3 Å². The van der Waals surface area contributed by atoms with E-state index in [1.54, 1.807) is 0 Å². The van der Waals surface area contributed by atoms with E-state index in [2.05, 4.69) is 62.5 Å². The summed E-state index contributed by atoms with van der Waals surface area (Å²) in [5, 5.41) is 0. The Bertz CT molecular complexity index is 1190. The van der Waals surface area contributed by atoms with Crippen LogP contribution in [0.3, 0.4) is 0 Å². The van der Waals surface area contributed by atoms with Crippen molar-refractivity contribution in [3.05, 3.63) is 48.6 Å². The summed E-state index contributed by atoms with van der Waals surface area (Å²) in [6.45, 7) is 3.63. The minimum Gasteiger partial charge on any atom is -0.462 e. The monoisotopic (exact) mass is 922 g/mol. The van der Waals surface area contributed by atoms with Crippen molar-refractivity contribution in [3.63, 3.8) is 0 Å². The molecule has 0 aromatic heterocycles. The first-order chi connectivity index (χ1) is 31.3. The second kappa shape index (κ2) is 50.4. The number of ether oxygens (including phenoxy) is 2. The Labute approximate surface area is 394 Å². The Balaban J connectivity index is 3.98. The molecule has 0 aliphatic carbocycles. The van der Waals surface area contributed by atoms with Crippen LogP contribution in [-0.2, 0) is 32.7 Å². The largest absolute Gasteiger partial charge is 0.472 e. The lowest BCUT2D eigenvalue weighted by molar-refractivity contribution is -0.161. The molecule has 2 unspecified atom stereocenters. The number of hydrogen-bond donors (Lipinski definition) is 2. The summed E-state index contributed by atoms with van der Waals surface area (Å²) in [4.78, 5) is 35.1. The molecule has 10 heteroatoms. The zero-order valence-corrected chi connectivity index (χ0v) is 42.4. The molecule has 64 heavy (non-hydrogen) atoms. The molecule has 0 heterocycles. The highest BCUT2D eigenvalue weighted by molar-refractivity contribution is 7.47. The Hall–Kier alpha value is -2.03. The lowest BCUT2D eigenvalue weighted by atomic mass is 10.0. The zero-order valence-electron chi connectivity index (χ0n) is 41.5. The molecule has 3 N–H and O–H groups in total. The van der Waals surface area contributed by atoms with Gasteiger partial charge in [0.25, 0.3) is 0 Å². The van der Waals surface area contributed by atoms with Crippen LogP contribution in [0.5, 0.6) is 0 Å². The van der Waals surface area contributed by atoms with Crippen LogP contribution in [0.4, 0.5) is 0 Å². The van der Waals surface area contributed by atoms with Crippen molar-refractivity contribution < 1.29 is 37.6 Å². The van der Waals surface area contributed by atoms with Crippen LogP contribution in [0.2, 0.25) is 0 Å². The Kier molecular flexibility index (Phi) is 48.8. The number of carbonyl (C=O) groups excluding carboxylic acids is 2. The third-order valence-corrected chi connectivity index (χ3v) is 12.5. The average molecular weight is 922 g/mol. The zero-order chi connectivity index (χ0) is 46.7. The van der Waals surface area contributed by atoms with Gasteiger partial charge in [-0.15, -0.1) is 0 Å². The van der Waals surface area contributed by atoms with Gasteiger partial charge in [-0.1, -0.05) is 236 Å². The fourth-order valence-electron chi connectivity index (χ4n) is 7.57. The van der Waals surface area contributed by atoms with Gasteiger partial charge in [-0.3, -0.25) is 18.6 Å². The number of unbranched alkanes of at least 4 members (excludes halogenated alkanes) is 29. The standard InChI is InChI=1S/C54H100NO8P/c1-3-5-7-9-11-13-15-17-19-21-22-23-24-25-26-27-28-29-31-32-34-36-38-40-42-44-46-53(56)60-50-52(51-62-64(58,59)61-49-48-55)63-54(57)47-45-43-41-39-37-35-33-30-20-18-16-14-12-10-8-6-4-2/h6,8,12,14,18,20,33,35,52H,3-5,7,9-11,13,15-17,19,21-32,34,36-51,55H2,1-2H3,(H,58,59)/b8-6-,14-12-,20-18-,35-33-. The molecule has 0 aromatic carbocycles. The predicted octanol–water partition coefficient (Wildman–Crippen LogP) is 16.2. The van der Waals surface area contributed by atoms with Gasteiger partial charge in [0.2, 0.25) is 0 Å². The lowest BCUT2D eigenvalue weighted by Gasteiger charge is -2.19. The summed E-state index contributed by atoms with van der Waals surface area (Å²) in [6.07, 6.45) is 60.2. The van der Waals surface area contributed by atoms with Gasteiger partial charge in [-0.2, -0.15) is 0 Å². The van der Waals surface area contributed by atoms with E-state index < -0.39 is 26.5 Å². The summed E-state index contributed by atoms with van der Waals surface area (Å²) in [5.74, 6) is -0.847. The number of esters is 2. The minimum atomic E-state index is -4.39. The molecular weight excluding hydrogens is 822 g/mol. The molecule has 0 saturated carbocycles. The first-order valence-electron chi connectivity index (χ1n) is 26.6. The van der Waals surface area contributed by atoms with Crippen molar-refractivity contribution in [2.45, 2.75) is 258 Å². The molecule has 0 spiro atoms. The topological polar surface area (TPSA) is 134 Å². The van der Waals surface area contributed by atoms with Gasteiger partial charge in [-0.05, 0) is 51.4 Å². The van der Waals surface area contributed by atoms with Crippen molar-refractivity contribution in [1.82, 2.24) is 0 Å². The predicted molar refractivity (Wildman–Crippen MR) is 270 cm³/mol. The van der Waals surface area contributed by atoms with Gasteiger partial charge in [0.05, 0.1) is 13.2 Å². The van der Waals surface area contributed by atoms with Crippen LogP contribution >= 0.6 is 7.82 Å². The molecule has 374 valence electrons. The fraction of sp³-hybridized carbons (Fsp3) is 0.815. The van der Waals surface area contributed by atoms with Crippen LogP contribution < -0.4 is 5.73 Å². The van der Waals surface area contributed by atoms with Crippen molar-refractivity contribution in [1.29, 1.82) is 0 Å². The van der Waals surface area contributed by atoms with Gasteiger partial charge in [-0.25, -0.2) is 4.57 Å². The summed E-state index contributed by atoms with van der Waals surface area (Å²) < 4.78 is 32.9. The van der Waals surface area contributed by atoms with E-state index in [0.717, 1.165) is 70.6 Å². The van der Waals surface area contributed by atoms with Gasteiger partial charge < -0.3 is 20.1 Å². The molecule has 0 bridgehead atoms. The number of hydrogen-bond acceptors (Lipinski definition) is 8. The first kappa shape index (κ1) is 62.0. The van der Waals surface area contributed by atoms with Gasteiger partial charge in [0.15, 0.2) is 6.10 Å². The number of nitrogens with two attached hydrogens (primary N) is 1. The normalized spacial score (nSPS) is 13.5. The summed E-state index contributed by atoms with van der Waals surface area (Å²) in [7, 11) is -4.39. The SMILES string of the molecule is CC/C=C\C/C=C\C/C=C\C/C=C\CCCCCCC(=O)OC(COC(=O)CCCCCCCCCCCCCCCCCCCCCCCCCCCC)COP(=O)(O)OCCN.